The van der Waals surface area contributed by atoms with Gasteiger partial charge in [-0.05, 0) is 42.8 Å². The molecule has 0 saturated carbocycles. The van der Waals surface area contributed by atoms with Crippen LogP contribution in [0.25, 0.3) is 16.6 Å². The van der Waals surface area contributed by atoms with E-state index in [1.807, 2.05) is 31.2 Å². The van der Waals surface area contributed by atoms with Crippen molar-refractivity contribution in [2.24, 2.45) is 0 Å². The number of amides is 1. The van der Waals surface area contributed by atoms with Crippen LogP contribution in [-0.2, 0) is 4.79 Å². The van der Waals surface area contributed by atoms with Gasteiger partial charge >= 0.3 is 0 Å². The van der Waals surface area contributed by atoms with Gasteiger partial charge in [0, 0.05) is 11.6 Å². The minimum atomic E-state index is -0.198. The van der Waals surface area contributed by atoms with E-state index in [2.05, 4.69) is 16.9 Å². The van der Waals surface area contributed by atoms with E-state index in [0.29, 0.717) is 33.3 Å². The molecule has 3 aromatic rings. The second kappa shape index (κ2) is 8.41. The van der Waals surface area contributed by atoms with Gasteiger partial charge in [0.15, 0.2) is 5.16 Å². The highest BCUT2D eigenvalue weighted by Crippen LogP contribution is 2.23. The van der Waals surface area contributed by atoms with Crippen molar-refractivity contribution >= 4 is 40.2 Å². The van der Waals surface area contributed by atoms with Crippen LogP contribution in [0, 0.1) is 6.92 Å². The SMILES string of the molecule is C=CCNC(=O)CSc1nc2cc(Cl)ccc2c(=O)n1-c1cccc(C)c1. The molecule has 0 radical (unpaired) electrons. The van der Waals surface area contributed by atoms with Crippen molar-refractivity contribution in [2.45, 2.75) is 12.1 Å². The maximum atomic E-state index is 13.1. The predicted molar refractivity (Wildman–Crippen MR) is 111 cm³/mol. The average molecular weight is 400 g/mol. The van der Waals surface area contributed by atoms with Gasteiger partial charge in [-0.25, -0.2) is 4.98 Å². The number of nitrogens with one attached hydrogen (secondary N) is 1. The monoisotopic (exact) mass is 399 g/mol. The molecule has 0 bridgehead atoms. The van der Waals surface area contributed by atoms with Crippen molar-refractivity contribution < 1.29 is 4.79 Å². The molecule has 0 fully saturated rings. The highest BCUT2D eigenvalue weighted by Gasteiger charge is 2.15. The third kappa shape index (κ3) is 4.40. The number of carbonyl (C=O) groups excluding carboxylic acids is 1. The number of rotatable bonds is 6. The van der Waals surface area contributed by atoms with Gasteiger partial charge in [0.1, 0.15) is 0 Å². The minimum Gasteiger partial charge on any atom is -0.352 e. The third-order valence-electron chi connectivity index (χ3n) is 3.84. The lowest BCUT2D eigenvalue weighted by molar-refractivity contribution is -0.118. The van der Waals surface area contributed by atoms with Crippen molar-refractivity contribution in [3.8, 4) is 5.69 Å². The molecule has 7 heteroatoms. The number of aromatic nitrogens is 2. The van der Waals surface area contributed by atoms with Crippen LogP contribution in [0.15, 0.2) is 65.1 Å². The number of benzene rings is 2. The van der Waals surface area contributed by atoms with E-state index in [-0.39, 0.29) is 17.2 Å². The zero-order valence-corrected chi connectivity index (χ0v) is 16.3. The molecule has 0 aliphatic rings. The summed E-state index contributed by atoms with van der Waals surface area (Å²) in [7, 11) is 0. The first-order valence-corrected chi connectivity index (χ1v) is 9.65. The van der Waals surface area contributed by atoms with E-state index in [9.17, 15) is 9.59 Å². The summed E-state index contributed by atoms with van der Waals surface area (Å²) in [5, 5.41) is 4.13. The number of halogens is 1. The Morgan fingerprint density at radius 2 is 2.15 bits per heavy atom. The molecule has 2 aromatic carbocycles. The molecule has 1 heterocycles. The lowest BCUT2D eigenvalue weighted by Crippen LogP contribution is -2.26. The van der Waals surface area contributed by atoms with E-state index < -0.39 is 0 Å². The first-order chi connectivity index (χ1) is 13.0. The van der Waals surface area contributed by atoms with Crippen LogP contribution in [-0.4, -0.2) is 27.8 Å². The molecule has 0 atom stereocenters. The van der Waals surface area contributed by atoms with E-state index in [1.165, 1.54) is 16.3 Å². The standard InChI is InChI=1S/C20H18ClN3O2S/c1-3-9-22-18(25)12-27-20-23-17-11-14(21)7-8-16(17)19(26)24(20)15-6-4-5-13(2)10-15/h3-8,10-11H,1,9,12H2,2H3,(H,22,25). The van der Waals surface area contributed by atoms with Gasteiger partial charge in [-0.3, -0.25) is 14.2 Å². The quantitative estimate of drug-likeness (QED) is 0.389. The van der Waals surface area contributed by atoms with Gasteiger partial charge in [-0.15, -0.1) is 6.58 Å². The first kappa shape index (κ1) is 19.2. The number of thioether (sulfide) groups is 1. The van der Waals surface area contributed by atoms with Crippen LogP contribution in [0.1, 0.15) is 5.56 Å². The lowest BCUT2D eigenvalue weighted by atomic mass is 10.2. The normalized spacial score (nSPS) is 10.7. The Kier molecular flexibility index (Phi) is 5.98. The molecule has 0 aliphatic carbocycles. The van der Waals surface area contributed by atoms with E-state index in [4.69, 9.17) is 11.6 Å². The Balaban J connectivity index is 2.11. The van der Waals surface area contributed by atoms with Gasteiger partial charge in [-0.2, -0.15) is 0 Å². The zero-order valence-electron chi connectivity index (χ0n) is 14.7. The van der Waals surface area contributed by atoms with Crippen molar-refractivity contribution in [3.05, 3.63) is 76.1 Å². The van der Waals surface area contributed by atoms with Gasteiger partial charge in [0.2, 0.25) is 5.91 Å². The number of fused-ring (bicyclic) bond motifs is 1. The number of aryl methyl sites for hydroxylation is 1. The Morgan fingerprint density at radius 3 is 2.89 bits per heavy atom. The van der Waals surface area contributed by atoms with Crippen LogP contribution in [0.2, 0.25) is 5.02 Å². The maximum absolute atomic E-state index is 13.1. The summed E-state index contributed by atoms with van der Waals surface area (Å²) in [6, 6.07) is 12.6. The maximum Gasteiger partial charge on any atom is 0.266 e. The topological polar surface area (TPSA) is 64.0 Å². The largest absolute Gasteiger partial charge is 0.352 e. The van der Waals surface area contributed by atoms with E-state index >= 15 is 0 Å². The second-order valence-electron chi connectivity index (χ2n) is 5.92. The van der Waals surface area contributed by atoms with Crippen molar-refractivity contribution in [3.63, 3.8) is 0 Å². The Labute approximate surface area is 166 Å². The summed E-state index contributed by atoms with van der Waals surface area (Å²) in [5.74, 6) is -0.0193. The summed E-state index contributed by atoms with van der Waals surface area (Å²) < 4.78 is 1.54. The number of carbonyl (C=O) groups is 1. The predicted octanol–water partition coefficient (Wildman–Crippen LogP) is 3.74. The summed E-state index contributed by atoms with van der Waals surface area (Å²) in [6.07, 6.45) is 1.61. The molecule has 1 aromatic heterocycles. The summed E-state index contributed by atoms with van der Waals surface area (Å²) >= 11 is 7.26. The van der Waals surface area contributed by atoms with Gasteiger partial charge in [0.25, 0.3) is 5.56 Å². The molecule has 0 saturated heterocycles. The van der Waals surface area contributed by atoms with Crippen molar-refractivity contribution in [1.82, 2.24) is 14.9 Å². The molecule has 5 nitrogen and oxygen atoms in total. The molecular formula is C20H18ClN3O2S. The Morgan fingerprint density at radius 1 is 1.33 bits per heavy atom. The first-order valence-electron chi connectivity index (χ1n) is 8.29. The molecule has 138 valence electrons. The van der Waals surface area contributed by atoms with Crippen LogP contribution in [0.4, 0.5) is 0 Å². The Hall–Kier alpha value is -2.57. The molecule has 0 unspecified atom stereocenters. The summed E-state index contributed by atoms with van der Waals surface area (Å²) in [6.45, 7) is 5.93. The fourth-order valence-corrected chi connectivity index (χ4v) is 3.61. The zero-order chi connectivity index (χ0) is 19.4. The smallest absolute Gasteiger partial charge is 0.266 e. The van der Waals surface area contributed by atoms with E-state index in [1.54, 1.807) is 24.3 Å². The fourth-order valence-electron chi connectivity index (χ4n) is 2.60. The van der Waals surface area contributed by atoms with Crippen molar-refractivity contribution in [1.29, 1.82) is 0 Å². The molecule has 0 spiro atoms. The van der Waals surface area contributed by atoms with Gasteiger partial charge in [0.05, 0.1) is 22.3 Å². The van der Waals surface area contributed by atoms with Gasteiger partial charge < -0.3 is 5.32 Å². The fraction of sp³-hybridized carbons (Fsp3) is 0.150. The highest BCUT2D eigenvalue weighted by atomic mass is 35.5. The molecule has 0 aliphatic heterocycles. The molecular weight excluding hydrogens is 382 g/mol. The second-order valence-corrected chi connectivity index (χ2v) is 7.30. The van der Waals surface area contributed by atoms with Crippen LogP contribution in [0.5, 0.6) is 0 Å². The minimum absolute atomic E-state index is 0.137. The number of nitrogens with zero attached hydrogens (tertiary/aromatic N) is 2. The molecule has 3 rings (SSSR count). The van der Waals surface area contributed by atoms with Crippen molar-refractivity contribution in [2.75, 3.05) is 12.3 Å². The van der Waals surface area contributed by atoms with E-state index in [0.717, 1.165) is 5.56 Å². The van der Waals surface area contributed by atoms with Crippen LogP contribution < -0.4 is 10.9 Å². The number of hydrogen-bond donors (Lipinski definition) is 1. The summed E-state index contributed by atoms with van der Waals surface area (Å²) in [5.41, 5.74) is 2.04. The average Bonchev–Trinajstić information content (AvgIpc) is 2.64. The van der Waals surface area contributed by atoms with Gasteiger partial charge in [-0.1, -0.05) is 41.6 Å². The molecule has 1 amide bonds. The number of hydrogen-bond acceptors (Lipinski definition) is 4. The molecule has 27 heavy (non-hydrogen) atoms. The Bertz CT molecular complexity index is 1080. The highest BCUT2D eigenvalue weighted by molar-refractivity contribution is 7.99. The van der Waals surface area contributed by atoms with Crippen LogP contribution >= 0.6 is 23.4 Å². The third-order valence-corrected chi connectivity index (χ3v) is 5.01. The van der Waals surface area contributed by atoms with Crippen LogP contribution in [0.3, 0.4) is 0 Å². The summed E-state index contributed by atoms with van der Waals surface area (Å²) in [4.78, 5) is 29.7. The molecule has 1 N–H and O–H groups in total. The lowest BCUT2D eigenvalue weighted by Gasteiger charge is -2.13.